The minimum atomic E-state index is -0.166. The lowest BCUT2D eigenvalue weighted by Crippen LogP contribution is -2.48. The molecule has 3 N–H and O–H groups in total. The lowest BCUT2D eigenvalue weighted by molar-refractivity contribution is 0.114. The Morgan fingerprint density at radius 3 is 1.53 bits per heavy atom. The lowest BCUT2D eigenvalue weighted by Gasteiger charge is -2.37. The molecule has 1 unspecified atom stereocenters. The Balaban J connectivity index is 0.000000136. The first kappa shape index (κ1) is 93.1. The topological polar surface area (TPSA) is 319 Å². The Morgan fingerprint density at radius 2 is 0.984 bits per heavy atom. The van der Waals surface area contributed by atoms with Crippen molar-refractivity contribution in [3.05, 3.63) is 238 Å². The Labute approximate surface area is 737 Å². The summed E-state index contributed by atoms with van der Waals surface area (Å²) in [6.45, 7) is 35.1. The average molecular weight is 1740 g/mol. The summed E-state index contributed by atoms with van der Waals surface area (Å²) < 4.78 is 48.9. The second-order valence-electron chi connectivity index (χ2n) is 34.6. The van der Waals surface area contributed by atoms with Crippen LogP contribution in [0.5, 0.6) is 17.2 Å². The predicted octanol–water partition coefficient (Wildman–Crippen LogP) is 14.7. The average Bonchev–Trinajstić information content (AvgIpc) is 1.63. The van der Waals surface area contributed by atoms with Crippen LogP contribution in [0, 0.1) is 12.8 Å². The van der Waals surface area contributed by atoms with Gasteiger partial charge in [-0.3, -0.25) is 55.3 Å². The molecule has 2 amide bonds. The van der Waals surface area contributed by atoms with Crippen molar-refractivity contribution in [3.8, 4) is 28.4 Å². The molecule has 32 nitrogen and oxygen atoms in total. The molecule has 0 spiro atoms. The second-order valence-corrected chi connectivity index (χ2v) is 34.6. The summed E-state index contributed by atoms with van der Waals surface area (Å²) in [5, 5.41) is 11.9. The number of benzene rings is 7. The van der Waals surface area contributed by atoms with Crippen molar-refractivity contribution in [2.75, 3.05) is 57.7 Å². The van der Waals surface area contributed by atoms with Gasteiger partial charge in [-0.05, 0) is 202 Å². The second kappa shape index (κ2) is 40.0. The monoisotopic (exact) mass is 1740 g/mol. The van der Waals surface area contributed by atoms with Gasteiger partial charge in [-0.15, -0.1) is 10.2 Å². The molecule has 3 aliphatic heterocycles. The van der Waals surface area contributed by atoms with Crippen LogP contribution in [0.4, 0.5) is 10.5 Å². The Morgan fingerprint density at radius 1 is 0.488 bits per heavy atom. The normalized spacial score (nSPS) is 14.2. The van der Waals surface area contributed by atoms with Gasteiger partial charge >= 0.3 is 40.2 Å². The van der Waals surface area contributed by atoms with E-state index >= 15 is 0 Å². The zero-order chi connectivity index (χ0) is 91.8. The number of hydrogen-bond acceptors (Lipinski definition) is 17. The molecule has 0 bridgehead atoms. The number of anilines is 1. The molecule has 676 valence electrons. The lowest BCUT2D eigenvalue weighted by atomic mass is 10.1. The van der Waals surface area contributed by atoms with Crippen molar-refractivity contribution in [3.63, 3.8) is 0 Å². The van der Waals surface area contributed by atoms with Crippen LogP contribution in [0.3, 0.4) is 0 Å². The van der Waals surface area contributed by atoms with Gasteiger partial charge in [0.25, 0.3) is 5.89 Å². The minimum Gasteiger partial charge on any atom is -0.491 e. The number of aromatic nitrogens is 16. The summed E-state index contributed by atoms with van der Waals surface area (Å²) in [6.07, 6.45) is 7.22. The largest absolute Gasteiger partial charge is 0.491 e. The number of H-pyrrole nitrogens is 1. The summed E-state index contributed by atoms with van der Waals surface area (Å²) in [5.41, 5.74) is 14.9. The van der Waals surface area contributed by atoms with Crippen molar-refractivity contribution in [1.82, 2.24) is 85.1 Å². The number of urea groups is 1. The molecule has 15 aromatic rings. The highest BCUT2D eigenvalue weighted by atomic mass is 16.5. The van der Waals surface area contributed by atoms with Crippen molar-refractivity contribution in [1.29, 1.82) is 0 Å². The summed E-state index contributed by atoms with van der Waals surface area (Å²) in [4.78, 5) is 93.5. The molecule has 0 saturated carbocycles. The third kappa shape index (κ3) is 19.9. The van der Waals surface area contributed by atoms with E-state index in [1.807, 2.05) is 291 Å². The number of nitrogens with zero attached hydrogens (tertiary/aromatic N) is 18. The summed E-state index contributed by atoms with van der Waals surface area (Å²) in [6, 6.07) is 47.9. The number of piperidine rings is 1. The number of fused-ring (bicyclic) bond motifs is 7. The van der Waals surface area contributed by atoms with Crippen LogP contribution >= 0.6 is 0 Å². The van der Waals surface area contributed by atoms with E-state index in [4.69, 9.17) is 29.2 Å². The van der Waals surface area contributed by atoms with E-state index in [1.54, 1.807) is 67.1 Å². The molecule has 127 heavy (non-hydrogen) atoms. The molecule has 11 heterocycles. The fraction of sp³-hybridized carbons (Fsp3) is 0.432. The number of likely N-dealkylation sites (tertiary alicyclic amines) is 1. The van der Waals surface area contributed by atoms with E-state index in [1.165, 1.54) is 10.2 Å². The maximum Gasteiger partial charge on any atom is 0.347 e. The first-order chi connectivity index (χ1) is 60.5. The fourth-order valence-electron chi connectivity index (χ4n) is 16.7. The number of para-hydroxylation sites is 8. The predicted molar refractivity (Wildman–Crippen MR) is 502 cm³/mol. The van der Waals surface area contributed by atoms with Crippen LogP contribution < -0.4 is 59.1 Å². The number of imidazole rings is 6. The van der Waals surface area contributed by atoms with Gasteiger partial charge in [-0.25, -0.2) is 38.2 Å². The number of nitrogens with one attached hydrogen (secondary N) is 1. The number of rotatable bonds is 16. The number of nitrogen functional groups attached to an aromatic ring is 1. The number of carbonyl (C=O) groups is 1. The van der Waals surface area contributed by atoms with Gasteiger partial charge in [-0.1, -0.05) is 66.7 Å². The first-order valence-corrected chi connectivity index (χ1v) is 43.5. The number of hydrogen-bond donors (Lipinski definition) is 2. The molecule has 18 rings (SSSR count). The van der Waals surface area contributed by atoms with Gasteiger partial charge in [0.2, 0.25) is 5.89 Å². The molecule has 0 radical (unpaired) electrons. The Hall–Kier alpha value is -13.1. The molecule has 32 heteroatoms. The molecular formula is C95H124N20O12. The standard InChI is InChI=1S/C17H25N3O2.C16H22N2O3.C15H18N4O3.C15H18N4O.C12H16N2O.C10H13N3O.C10H12N2O/c1-12(2)20-15-6-5-14(11-16(15)19(4)17(20)21)22-13-7-9-18(3)10-8-13;1-11(2)18-13-5-4-6-14(15(13)17(3)16(18)19)21-10-12-7-8-20-9-12;1-9(2)19-11-6-5-7-12(14(11)18(4)15(19)20)21-8-13-17-16-10(3)22-13;1-10(2)19-13-7-5-6-12(11-8-16-17(3)9-11)14(13)18(4)15(19)20;1-9(2)14-11-7-5-4-6-10(11)8-13(3)12(14)15;1-7(2)12-8-5-3-4-6-9(8)13(11)10(12)14;1-7(2)12-9-6-4-3-5-8(9)11-10(12)13/h5-6,11-13H,7-10H2,1-4H3;4-6,11-12H,7-10H2,1-3H3;5-7,9H,8H2,1-4H3;5-10H,1-4H3;4-7,9H,8H2,1-3H3;3-7H,11H2,1-2H3;3-7H,1-2H3,(H,11,13). The van der Waals surface area contributed by atoms with E-state index in [2.05, 4.69) is 38.3 Å². The molecule has 3 aliphatic rings. The highest BCUT2D eigenvalue weighted by Crippen LogP contribution is 2.34. The van der Waals surface area contributed by atoms with Gasteiger partial charge in [0.05, 0.1) is 80.3 Å². The van der Waals surface area contributed by atoms with Gasteiger partial charge in [-0.2, -0.15) is 5.10 Å². The van der Waals surface area contributed by atoms with Crippen LogP contribution in [0.15, 0.2) is 191 Å². The van der Waals surface area contributed by atoms with Crippen LogP contribution in [0.2, 0.25) is 0 Å². The maximum atomic E-state index is 12.4. The zero-order valence-electron chi connectivity index (χ0n) is 77.3. The van der Waals surface area contributed by atoms with Crippen LogP contribution in [-0.4, -0.2) is 150 Å². The van der Waals surface area contributed by atoms with Crippen molar-refractivity contribution >= 4 is 77.9 Å². The number of aryl methyl sites for hydroxylation is 6. The molecule has 0 aliphatic carbocycles. The minimum absolute atomic E-state index is 0.000231. The summed E-state index contributed by atoms with van der Waals surface area (Å²) >= 11 is 0. The SMILES string of the molecule is CC(C)N1C(=O)N(C)Cc2ccccc21.CC(C)n1c(=O)[nH]c2ccccc21.CC(C)n1c(=O)n(C)c2c(-c3cnn(C)c3)cccc21.CC(C)n1c(=O)n(C)c2c(OCC3CCOC3)cccc21.CC(C)n1c(=O)n(C)c2cc(OC3CCN(C)CC3)ccc21.CC(C)n1c(=O)n(N)c2ccccc21.Cc1nnc(COc2cccc3c2n(C)c(=O)n3C(C)C)o1. The van der Waals surface area contributed by atoms with Crippen molar-refractivity contribution in [2.45, 2.75) is 185 Å². The Kier molecular flexibility index (Phi) is 29.3. The third-order valence-electron chi connectivity index (χ3n) is 22.9. The van der Waals surface area contributed by atoms with Crippen molar-refractivity contribution < 1.29 is 28.2 Å². The molecule has 7 aromatic carbocycles. The van der Waals surface area contributed by atoms with Gasteiger partial charge in [0.1, 0.15) is 34.4 Å². The first-order valence-electron chi connectivity index (χ1n) is 43.5. The van der Waals surface area contributed by atoms with Gasteiger partial charge in [0, 0.05) is 147 Å². The fourth-order valence-corrected chi connectivity index (χ4v) is 16.7. The Bertz CT molecular complexity index is 6740. The highest BCUT2D eigenvalue weighted by Gasteiger charge is 2.30. The van der Waals surface area contributed by atoms with Crippen LogP contribution in [0.1, 0.15) is 170 Å². The van der Waals surface area contributed by atoms with E-state index in [0.29, 0.717) is 36.6 Å². The molecule has 2 saturated heterocycles. The van der Waals surface area contributed by atoms with Crippen molar-refractivity contribution in [2.24, 2.45) is 41.2 Å². The van der Waals surface area contributed by atoms with Gasteiger partial charge < -0.3 is 44.0 Å². The maximum absolute atomic E-state index is 12.4. The van der Waals surface area contributed by atoms with E-state index in [-0.39, 0.29) is 95.2 Å². The van der Waals surface area contributed by atoms with Crippen LogP contribution in [0.25, 0.3) is 77.3 Å². The number of amides is 2. The third-order valence-corrected chi connectivity index (χ3v) is 22.9. The molecule has 1 atom stereocenters. The van der Waals surface area contributed by atoms with E-state index < -0.39 is 0 Å². The number of aromatic amines is 1. The number of ether oxygens (including phenoxy) is 4. The summed E-state index contributed by atoms with van der Waals surface area (Å²) in [7, 11) is 13.1. The number of nitrogens with two attached hydrogens (primary N) is 1. The quantitative estimate of drug-likeness (QED) is 0.0849. The zero-order valence-corrected chi connectivity index (χ0v) is 77.3. The van der Waals surface area contributed by atoms with E-state index in [9.17, 15) is 33.6 Å². The summed E-state index contributed by atoms with van der Waals surface area (Å²) in [5.74, 6) is 9.26. The van der Waals surface area contributed by atoms with Crippen LogP contribution in [-0.2, 0) is 53.1 Å². The molecule has 8 aromatic heterocycles. The smallest absolute Gasteiger partial charge is 0.347 e. The molecule has 2 fully saturated rings. The van der Waals surface area contributed by atoms with Gasteiger partial charge in [0.15, 0.2) is 6.61 Å². The van der Waals surface area contributed by atoms with E-state index in [0.717, 1.165) is 140 Å². The molecular weight excluding hydrogens is 1610 g/mol. The highest BCUT2D eigenvalue weighted by molar-refractivity contribution is 5.95. The number of carbonyl (C=O) groups excluding carboxylic acids is 1.